The summed E-state index contributed by atoms with van der Waals surface area (Å²) in [4.78, 5) is 29.1. The molecule has 230 valence electrons. The Morgan fingerprint density at radius 2 is 1.73 bits per heavy atom. The van der Waals surface area contributed by atoms with E-state index >= 15 is 0 Å². The largest absolute Gasteiger partial charge is 0.492 e. The topological polar surface area (TPSA) is 97.8 Å². The van der Waals surface area contributed by atoms with Crippen LogP contribution >= 0.6 is 24.0 Å². The van der Waals surface area contributed by atoms with Crippen LogP contribution in [0.1, 0.15) is 21.5 Å². The first-order valence-electron chi connectivity index (χ1n) is 14.3. The molecule has 2 aliphatic heterocycles. The van der Waals surface area contributed by atoms with Crippen LogP contribution in [0, 0.1) is 0 Å². The zero-order valence-corrected chi connectivity index (χ0v) is 26.0. The maximum Gasteiger partial charge on any atom is 0.335 e. The number of carbonyl (C=O) groups excluding carboxylic acids is 1. The zero-order chi connectivity index (χ0) is 30.9. The highest BCUT2D eigenvalue weighted by molar-refractivity contribution is 8.26. The molecule has 2 fully saturated rings. The van der Waals surface area contributed by atoms with E-state index in [-0.39, 0.29) is 18.3 Å². The molecule has 0 aromatic heterocycles. The molecule has 1 amide bonds. The number of amides is 1. The van der Waals surface area contributed by atoms with Crippen molar-refractivity contribution in [1.29, 1.82) is 0 Å². The average Bonchev–Trinajstić information content (AvgIpc) is 3.31. The van der Waals surface area contributed by atoms with Gasteiger partial charge in [-0.2, -0.15) is 0 Å². The Morgan fingerprint density at radius 3 is 2.43 bits per heavy atom. The Bertz CT molecular complexity index is 1500. The standard InChI is InChI=1S/C33H34N2O7S2/c1-39-22-42-28-9-6-24(7-10-28)26-8-11-29(41-19-16-34-14-17-40-18-15-34)27(20-26)21-30-31(36)35(33(43)44-30)13-12-23-2-4-25(5-3-23)32(37)38/h2-11,20-21H,12-19,22H2,1H3,(H,37,38)/b30-21-. The summed E-state index contributed by atoms with van der Waals surface area (Å²) in [7, 11) is 1.58. The van der Waals surface area contributed by atoms with Crippen LogP contribution < -0.4 is 9.47 Å². The van der Waals surface area contributed by atoms with Crippen LogP contribution in [-0.4, -0.2) is 91.0 Å². The summed E-state index contributed by atoms with van der Waals surface area (Å²) in [6.45, 7) is 5.08. The Balaban J connectivity index is 1.34. The summed E-state index contributed by atoms with van der Waals surface area (Å²) in [5, 5.41) is 9.14. The summed E-state index contributed by atoms with van der Waals surface area (Å²) >= 11 is 6.85. The fourth-order valence-electron chi connectivity index (χ4n) is 4.84. The van der Waals surface area contributed by atoms with Crippen LogP contribution in [0.25, 0.3) is 17.2 Å². The van der Waals surface area contributed by atoms with Gasteiger partial charge in [0.2, 0.25) is 0 Å². The first-order chi connectivity index (χ1) is 21.4. The van der Waals surface area contributed by atoms with Gasteiger partial charge in [0.25, 0.3) is 5.91 Å². The lowest BCUT2D eigenvalue weighted by Crippen LogP contribution is -2.38. The highest BCUT2D eigenvalue weighted by Crippen LogP contribution is 2.36. The Hall–Kier alpha value is -3.74. The molecule has 2 aliphatic rings. The van der Waals surface area contributed by atoms with E-state index in [0.29, 0.717) is 40.3 Å². The number of aromatic carboxylic acids is 1. The van der Waals surface area contributed by atoms with E-state index in [0.717, 1.165) is 55.1 Å². The number of thioether (sulfide) groups is 1. The van der Waals surface area contributed by atoms with E-state index < -0.39 is 5.97 Å². The number of carboxylic acid groups (broad SMARTS) is 1. The maximum atomic E-state index is 13.5. The van der Waals surface area contributed by atoms with E-state index in [2.05, 4.69) is 4.90 Å². The SMILES string of the molecule is COCOc1ccc(-c2ccc(OCCN3CCOCC3)c(/C=C3\SC(=S)N(CCc4ccc(C(=O)O)cc4)C3=O)c2)cc1. The van der Waals surface area contributed by atoms with Gasteiger partial charge in [0.05, 0.1) is 23.7 Å². The number of rotatable bonds is 13. The molecule has 3 aromatic carbocycles. The second-order valence-electron chi connectivity index (χ2n) is 10.2. The molecule has 2 heterocycles. The molecule has 9 nitrogen and oxygen atoms in total. The first kappa shape index (κ1) is 31.7. The number of morpholine rings is 1. The van der Waals surface area contributed by atoms with Crippen LogP contribution in [-0.2, 0) is 20.7 Å². The van der Waals surface area contributed by atoms with Crippen molar-refractivity contribution in [2.45, 2.75) is 6.42 Å². The van der Waals surface area contributed by atoms with Gasteiger partial charge >= 0.3 is 5.97 Å². The molecule has 44 heavy (non-hydrogen) atoms. The van der Waals surface area contributed by atoms with Gasteiger partial charge in [0.15, 0.2) is 6.79 Å². The third-order valence-corrected chi connectivity index (χ3v) is 8.67. The fourth-order valence-corrected chi connectivity index (χ4v) is 6.14. The lowest BCUT2D eigenvalue weighted by Gasteiger charge is -2.26. The number of hydrogen-bond donors (Lipinski definition) is 1. The third kappa shape index (κ3) is 8.25. The first-order valence-corrected chi connectivity index (χ1v) is 15.5. The van der Waals surface area contributed by atoms with E-state index in [9.17, 15) is 9.59 Å². The average molecular weight is 635 g/mol. The predicted molar refractivity (Wildman–Crippen MR) is 174 cm³/mol. The van der Waals surface area contributed by atoms with Crippen molar-refractivity contribution in [3.05, 3.63) is 88.3 Å². The molecule has 0 spiro atoms. The highest BCUT2D eigenvalue weighted by atomic mass is 32.2. The lowest BCUT2D eigenvalue weighted by molar-refractivity contribution is -0.122. The van der Waals surface area contributed by atoms with Gasteiger partial charge in [0, 0.05) is 38.9 Å². The van der Waals surface area contributed by atoms with Gasteiger partial charge in [-0.1, -0.05) is 54.3 Å². The number of ether oxygens (including phenoxy) is 4. The zero-order valence-electron chi connectivity index (χ0n) is 24.4. The van der Waals surface area contributed by atoms with Crippen molar-refractivity contribution >= 4 is 46.3 Å². The quantitative estimate of drug-likeness (QED) is 0.154. The van der Waals surface area contributed by atoms with Crippen molar-refractivity contribution in [3.8, 4) is 22.6 Å². The smallest absolute Gasteiger partial charge is 0.335 e. The second-order valence-corrected chi connectivity index (χ2v) is 11.9. The monoisotopic (exact) mass is 634 g/mol. The molecule has 0 saturated carbocycles. The van der Waals surface area contributed by atoms with Crippen molar-refractivity contribution in [2.75, 3.05) is 59.9 Å². The summed E-state index contributed by atoms with van der Waals surface area (Å²) < 4.78 is 22.7. The van der Waals surface area contributed by atoms with Crippen molar-refractivity contribution in [1.82, 2.24) is 9.80 Å². The molecule has 0 atom stereocenters. The third-order valence-electron chi connectivity index (χ3n) is 7.29. The minimum atomic E-state index is -0.972. The molecule has 5 rings (SSSR count). The van der Waals surface area contributed by atoms with Gasteiger partial charge in [0.1, 0.15) is 22.4 Å². The molecule has 0 unspecified atom stereocenters. The lowest BCUT2D eigenvalue weighted by atomic mass is 10.0. The number of hydrogen-bond acceptors (Lipinski definition) is 9. The summed E-state index contributed by atoms with van der Waals surface area (Å²) in [5.41, 5.74) is 3.90. The van der Waals surface area contributed by atoms with Gasteiger partial charge in [-0.05, 0) is 65.6 Å². The van der Waals surface area contributed by atoms with Crippen LogP contribution in [0.15, 0.2) is 71.6 Å². The molecule has 3 aromatic rings. The molecule has 0 bridgehead atoms. The fraction of sp³-hybridized carbons (Fsp3) is 0.303. The van der Waals surface area contributed by atoms with Gasteiger partial charge in [-0.15, -0.1) is 0 Å². The number of nitrogens with zero attached hydrogens (tertiary/aromatic N) is 2. The normalized spacial score (nSPS) is 16.5. The number of carboxylic acids is 1. The molecule has 0 aliphatic carbocycles. The van der Waals surface area contributed by atoms with Gasteiger partial charge in [-0.3, -0.25) is 14.6 Å². The van der Waals surface area contributed by atoms with E-state index in [1.807, 2.05) is 48.5 Å². The van der Waals surface area contributed by atoms with Crippen molar-refractivity contribution in [3.63, 3.8) is 0 Å². The minimum absolute atomic E-state index is 0.161. The summed E-state index contributed by atoms with van der Waals surface area (Å²) in [6, 6.07) is 20.4. The van der Waals surface area contributed by atoms with Crippen LogP contribution in [0.4, 0.5) is 0 Å². The number of benzene rings is 3. The van der Waals surface area contributed by atoms with Gasteiger partial charge in [-0.25, -0.2) is 4.79 Å². The molecular weight excluding hydrogens is 601 g/mol. The molecule has 1 N–H and O–H groups in total. The number of thiocarbonyl (C=S) groups is 1. The van der Waals surface area contributed by atoms with E-state index in [4.69, 9.17) is 36.3 Å². The predicted octanol–water partition coefficient (Wildman–Crippen LogP) is 5.19. The van der Waals surface area contributed by atoms with Crippen molar-refractivity contribution in [2.24, 2.45) is 0 Å². The Labute approximate surface area is 266 Å². The van der Waals surface area contributed by atoms with E-state index in [1.54, 1.807) is 36.3 Å². The van der Waals surface area contributed by atoms with Crippen molar-refractivity contribution < 1.29 is 33.6 Å². The minimum Gasteiger partial charge on any atom is -0.492 e. The number of carbonyl (C=O) groups is 2. The molecular formula is C33H34N2O7S2. The molecule has 11 heteroatoms. The Kier molecular flexibility index (Phi) is 11.0. The summed E-state index contributed by atoms with van der Waals surface area (Å²) in [6.07, 6.45) is 2.40. The summed E-state index contributed by atoms with van der Waals surface area (Å²) in [5.74, 6) is 0.262. The second kappa shape index (κ2) is 15.3. The van der Waals surface area contributed by atoms with Crippen LogP contribution in [0.3, 0.4) is 0 Å². The molecule has 0 radical (unpaired) electrons. The Morgan fingerprint density at radius 1 is 1.00 bits per heavy atom. The molecule has 2 saturated heterocycles. The number of methoxy groups -OCH3 is 1. The van der Waals surface area contributed by atoms with Gasteiger partial charge < -0.3 is 24.1 Å². The maximum absolute atomic E-state index is 13.5. The van der Waals surface area contributed by atoms with E-state index in [1.165, 1.54) is 11.8 Å². The van der Waals surface area contributed by atoms with Crippen LogP contribution in [0.2, 0.25) is 0 Å². The van der Waals surface area contributed by atoms with Crippen LogP contribution in [0.5, 0.6) is 11.5 Å². The highest BCUT2D eigenvalue weighted by Gasteiger charge is 2.32.